The molecule has 1 aromatic heterocycles. The predicted octanol–water partition coefficient (Wildman–Crippen LogP) is 3.99. The number of hydrogen-bond donors (Lipinski definition) is 0. The van der Waals surface area contributed by atoms with Crippen LogP contribution in [0.25, 0.3) is 22.5 Å². The minimum atomic E-state index is 0.587. The Bertz CT molecular complexity index is 924. The lowest BCUT2D eigenvalue weighted by Crippen LogP contribution is -2.37. The molecule has 0 spiro atoms. The Balaban J connectivity index is 1.28. The Hall–Kier alpha value is -2.50. The molecule has 5 heteroatoms. The number of hydrogen-bond acceptors (Lipinski definition) is 5. The molecule has 2 aromatic carbocycles. The summed E-state index contributed by atoms with van der Waals surface area (Å²) in [7, 11) is 0. The molecular weight excluding hydrogens is 348 g/mol. The Morgan fingerprint density at radius 3 is 2.14 bits per heavy atom. The lowest BCUT2D eigenvalue weighted by atomic mass is 10.0. The van der Waals surface area contributed by atoms with Gasteiger partial charge in [-0.2, -0.15) is 4.98 Å². The Morgan fingerprint density at radius 1 is 0.857 bits per heavy atom. The zero-order chi connectivity index (χ0) is 18.9. The van der Waals surface area contributed by atoms with E-state index in [1.807, 2.05) is 0 Å². The van der Waals surface area contributed by atoms with Gasteiger partial charge in [-0.15, -0.1) is 0 Å². The van der Waals surface area contributed by atoms with E-state index in [9.17, 15) is 0 Å². The van der Waals surface area contributed by atoms with Gasteiger partial charge in [-0.25, -0.2) is 0 Å². The second-order valence-corrected chi connectivity index (χ2v) is 7.95. The van der Waals surface area contributed by atoms with Crippen LogP contribution in [0, 0.1) is 6.92 Å². The molecule has 3 aliphatic heterocycles. The third-order valence-corrected chi connectivity index (χ3v) is 6.12. The topological polar surface area (TPSA) is 45.4 Å². The first-order valence-corrected chi connectivity index (χ1v) is 10.2. The molecular formula is C23H26N4O. The molecule has 3 aliphatic rings. The van der Waals surface area contributed by atoms with Crippen LogP contribution in [0.5, 0.6) is 0 Å². The van der Waals surface area contributed by atoms with Crippen molar-refractivity contribution in [2.75, 3.05) is 26.2 Å². The molecule has 0 saturated carbocycles. The molecule has 0 aliphatic carbocycles. The van der Waals surface area contributed by atoms with Crippen LogP contribution in [0.3, 0.4) is 0 Å². The van der Waals surface area contributed by atoms with Gasteiger partial charge in [0.15, 0.2) is 0 Å². The largest absolute Gasteiger partial charge is 0.339 e. The van der Waals surface area contributed by atoms with Crippen LogP contribution < -0.4 is 0 Å². The number of aromatic nitrogens is 2. The van der Waals surface area contributed by atoms with Crippen molar-refractivity contribution in [2.45, 2.75) is 32.4 Å². The highest BCUT2D eigenvalue weighted by atomic mass is 16.5. The molecule has 144 valence electrons. The summed E-state index contributed by atoms with van der Waals surface area (Å²) in [6.45, 7) is 7.85. The number of fused-ring (bicyclic) bond motifs is 4. The maximum absolute atomic E-state index is 5.07. The molecule has 3 saturated heterocycles. The van der Waals surface area contributed by atoms with Crippen molar-refractivity contribution in [3.8, 4) is 22.5 Å². The third-order valence-electron chi connectivity index (χ3n) is 6.12. The van der Waals surface area contributed by atoms with E-state index in [1.165, 1.54) is 55.7 Å². The van der Waals surface area contributed by atoms with Gasteiger partial charge < -0.3 is 9.42 Å². The van der Waals surface area contributed by atoms with Gasteiger partial charge >= 0.3 is 0 Å². The minimum absolute atomic E-state index is 0.587. The van der Waals surface area contributed by atoms with Crippen LogP contribution in [0.15, 0.2) is 53.1 Å². The summed E-state index contributed by atoms with van der Waals surface area (Å²) in [5.74, 6) is 1.23. The number of piperidine rings is 1. The second-order valence-electron chi connectivity index (χ2n) is 7.95. The number of aryl methyl sites for hydroxylation is 1. The molecule has 2 bridgehead atoms. The normalized spacial score (nSPS) is 22.3. The fraction of sp³-hybridized carbons (Fsp3) is 0.391. The molecule has 28 heavy (non-hydrogen) atoms. The fourth-order valence-corrected chi connectivity index (χ4v) is 4.43. The van der Waals surface area contributed by atoms with Crippen LogP contribution in [-0.2, 0) is 6.54 Å². The first-order valence-electron chi connectivity index (χ1n) is 10.2. The van der Waals surface area contributed by atoms with Crippen molar-refractivity contribution >= 4 is 0 Å². The van der Waals surface area contributed by atoms with Gasteiger partial charge in [0, 0.05) is 38.2 Å². The summed E-state index contributed by atoms with van der Waals surface area (Å²) < 4.78 is 5.07. The van der Waals surface area contributed by atoms with Crippen LogP contribution >= 0.6 is 0 Å². The molecule has 3 fully saturated rings. The molecule has 3 aromatic rings. The zero-order valence-corrected chi connectivity index (χ0v) is 16.3. The van der Waals surface area contributed by atoms with Gasteiger partial charge in [0.25, 0.3) is 0 Å². The molecule has 6 rings (SSSR count). The monoisotopic (exact) mass is 374 g/mol. The number of benzene rings is 2. The molecule has 0 radical (unpaired) electrons. The lowest BCUT2D eigenvalue weighted by molar-refractivity contribution is 0.176. The van der Waals surface area contributed by atoms with E-state index in [4.69, 9.17) is 4.52 Å². The average Bonchev–Trinajstić information content (AvgIpc) is 2.99. The summed E-state index contributed by atoms with van der Waals surface area (Å²) in [5, 5.41) is 3.98. The van der Waals surface area contributed by atoms with Gasteiger partial charge in [-0.3, -0.25) is 4.90 Å². The Kier molecular flexibility index (Phi) is 4.71. The summed E-state index contributed by atoms with van der Waals surface area (Å²) in [6.07, 6.45) is 2.65. The first-order chi connectivity index (χ1) is 13.7. The van der Waals surface area contributed by atoms with Crippen LogP contribution in [0.2, 0.25) is 0 Å². The summed E-state index contributed by atoms with van der Waals surface area (Å²) in [5.41, 5.74) is 4.83. The van der Waals surface area contributed by atoms with Gasteiger partial charge in [0.05, 0.1) is 0 Å². The number of nitrogens with zero attached hydrogens (tertiary/aromatic N) is 4. The average molecular weight is 374 g/mol. The van der Waals surface area contributed by atoms with E-state index in [2.05, 4.69) is 68.5 Å². The van der Waals surface area contributed by atoms with E-state index >= 15 is 0 Å². The molecule has 0 unspecified atom stereocenters. The zero-order valence-electron chi connectivity index (χ0n) is 16.3. The maximum Gasteiger partial charge on any atom is 0.223 e. The van der Waals surface area contributed by atoms with Crippen molar-refractivity contribution in [1.82, 2.24) is 19.9 Å². The van der Waals surface area contributed by atoms with Crippen molar-refractivity contribution in [3.63, 3.8) is 0 Å². The highest BCUT2D eigenvalue weighted by molar-refractivity contribution is 5.67. The van der Waals surface area contributed by atoms with E-state index in [0.29, 0.717) is 11.7 Å². The highest BCUT2D eigenvalue weighted by Gasteiger charge is 2.28. The van der Waals surface area contributed by atoms with Gasteiger partial charge in [-0.1, -0.05) is 53.7 Å². The summed E-state index contributed by atoms with van der Waals surface area (Å²) >= 11 is 0. The SMILES string of the molecule is Cc1nc(-c2ccc(-c3ccc(CN4CCN5CCC4CC5)cc3)cc2)no1. The van der Waals surface area contributed by atoms with Crippen molar-refractivity contribution in [3.05, 3.63) is 60.0 Å². The molecule has 0 N–H and O–H groups in total. The standard InChI is InChI=1S/C23H26N4O/c1-17-24-23(25-28-17)21-8-6-20(7-9-21)19-4-2-18(3-5-19)16-27-15-14-26-12-10-22(27)11-13-26/h2-9,22H,10-16H2,1H3. The molecule has 0 atom stereocenters. The smallest absolute Gasteiger partial charge is 0.223 e. The molecule has 5 nitrogen and oxygen atoms in total. The third kappa shape index (κ3) is 3.60. The van der Waals surface area contributed by atoms with Gasteiger partial charge in [0.2, 0.25) is 11.7 Å². The van der Waals surface area contributed by atoms with Crippen molar-refractivity contribution in [1.29, 1.82) is 0 Å². The van der Waals surface area contributed by atoms with Crippen molar-refractivity contribution in [2.24, 2.45) is 0 Å². The van der Waals surface area contributed by atoms with E-state index in [0.717, 1.165) is 18.2 Å². The molecule has 4 heterocycles. The Morgan fingerprint density at radius 2 is 1.50 bits per heavy atom. The first kappa shape index (κ1) is 17.6. The predicted molar refractivity (Wildman–Crippen MR) is 110 cm³/mol. The van der Waals surface area contributed by atoms with E-state index in [1.54, 1.807) is 6.92 Å². The maximum atomic E-state index is 5.07. The summed E-state index contributed by atoms with van der Waals surface area (Å²) in [6, 6.07) is 18.2. The quantitative estimate of drug-likeness (QED) is 0.691. The van der Waals surface area contributed by atoms with E-state index in [-0.39, 0.29) is 0 Å². The molecule has 0 amide bonds. The van der Waals surface area contributed by atoms with Crippen LogP contribution in [0.1, 0.15) is 24.3 Å². The van der Waals surface area contributed by atoms with Gasteiger partial charge in [-0.05, 0) is 42.6 Å². The van der Waals surface area contributed by atoms with Crippen molar-refractivity contribution < 1.29 is 4.52 Å². The number of rotatable bonds is 4. The lowest BCUT2D eigenvalue weighted by Gasteiger charge is -2.31. The Labute approximate surface area is 166 Å². The fourth-order valence-electron chi connectivity index (χ4n) is 4.43. The highest BCUT2D eigenvalue weighted by Crippen LogP contribution is 2.26. The van der Waals surface area contributed by atoms with Crippen LogP contribution in [-0.4, -0.2) is 52.2 Å². The minimum Gasteiger partial charge on any atom is -0.339 e. The van der Waals surface area contributed by atoms with E-state index < -0.39 is 0 Å². The second kappa shape index (κ2) is 7.49. The van der Waals surface area contributed by atoms with Crippen LogP contribution in [0.4, 0.5) is 0 Å². The van der Waals surface area contributed by atoms with Gasteiger partial charge in [0.1, 0.15) is 0 Å². The summed E-state index contributed by atoms with van der Waals surface area (Å²) in [4.78, 5) is 9.58.